The van der Waals surface area contributed by atoms with Gasteiger partial charge >= 0.3 is 6.03 Å². The zero-order chi connectivity index (χ0) is 18.5. The molecule has 3 amide bonds. The molecule has 26 heavy (non-hydrogen) atoms. The maximum absolute atomic E-state index is 12.4. The predicted molar refractivity (Wildman–Crippen MR) is 98.8 cm³/mol. The lowest BCUT2D eigenvalue weighted by molar-refractivity contribution is -0.133. The second kappa shape index (κ2) is 8.58. The number of carbonyl (C=O) groups is 2. The summed E-state index contributed by atoms with van der Waals surface area (Å²) in [6.45, 7) is 8.83. The molecular formula is C19H30N4O3. The first-order valence-corrected chi connectivity index (χ1v) is 9.65. The minimum atomic E-state index is -0.157. The zero-order valence-electron chi connectivity index (χ0n) is 15.9. The zero-order valence-corrected chi connectivity index (χ0v) is 15.9. The van der Waals surface area contributed by atoms with E-state index in [4.69, 9.17) is 4.42 Å². The minimum Gasteiger partial charge on any atom is -0.464 e. The Morgan fingerprint density at radius 1 is 1.04 bits per heavy atom. The lowest BCUT2D eigenvalue weighted by Gasteiger charge is -2.36. The summed E-state index contributed by atoms with van der Waals surface area (Å²) in [5, 5.41) is 2.99. The third-order valence-electron chi connectivity index (χ3n) is 5.26. The van der Waals surface area contributed by atoms with Crippen LogP contribution in [0.4, 0.5) is 4.79 Å². The van der Waals surface area contributed by atoms with Crippen molar-refractivity contribution in [1.82, 2.24) is 20.0 Å². The number of piperidine rings is 1. The largest absolute Gasteiger partial charge is 0.464 e. The molecule has 0 aliphatic carbocycles. The maximum atomic E-state index is 12.4. The van der Waals surface area contributed by atoms with E-state index in [2.05, 4.69) is 10.2 Å². The molecule has 0 radical (unpaired) electrons. The van der Waals surface area contributed by atoms with Gasteiger partial charge in [0.25, 0.3) is 0 Å². The molecule has 0 aromatic carbocycles. The van der Waals surface area contributed by atoms with Gasteiger partial charge in [-0.15, -0.1) is 0 Å². The molecule has 0 saturated carbocycles. The van der Waals surface area contributed by atoms with Crippen LogP contribution in [0, 0.1) is 6.92 Å². The molecule has 7 nitrogen and oxygen atoms in total. The maximum Gasteiger partial charge on any atom is 0.318 e. The monoisotopic (exact) mass is 362 g/mol. The molecule has 2 saturated heterocycles. The Hall–Kier alpha value is -2.02. The van der Waals surface area contributed by atoms with Crippen LogP contribution in [-0.4, -0.2) is 72.5 Å². The van der Waals surface area contributed by atoms with Crippen LogP contribution < -0.4 is 5.32 Å². The van der Waals surface area contributed by atoms with Crippen LogP contribution >= 0.6 is 0 Å². The van der Waals surface area contributed by atoms with Crippen molar-refractivity contribution in [3.63, 3.8) is 0 Å². The summed E-state index contributed by atoms with van der Waals surface area (Å²) in [6, 6.07) is 3.56. The number of rotatable bonds is 4. The number of piperazine rings is 1. The van der Waals surface area contributed by atoms with Crippen molar-refractivity contribution in [2.24, 2.45) is 0 Å². The molecule has 1 aromatic rings. The molecule has 2 aliphatic heterocycles. The summed E-state index contributed by atoms with van der Waals surface area (Å²) < 4.78 is 5.57. The molecule has 144 valence electrons. The third-order valence-corrected chi connectivity index (χ3v) is 5.26. The van der Waals surface area contributed by atoms with Crippen molar-refractivity contribution in [1.29, 1.82) is 0 Å². The molecular weight excluding hydrogens is 332 g/mol. The van der Waals surface area contributed by atoms with E-state index >= 15 is 0 Å². The van der Waals surface area contributed by atoms with E-state index in [1.807, 2.05) is 35.8 Å². The first-order valence-electron chi connectivity index (χ1n) is 9.65. The van der Waals surface area contributed by atoms with Crippen molar-refractivity contribution >= 4 is 11.9 Å². The van der Waals surface area contributed by atoms with E-state index in [0.717, 1.165) is 50.5 Å². The van der Waals surface area contributed by atoms with Gasteiger partial charge in [-0.1, -0.05) is 0 Å². The Morgan fingerprint density at radius 2 is 1.73 bits per heavy atom. The van der Waals surface area contributed by atoms with Crippen LogP contribution in [0.3, 0.4) is 0 Å². The van der Waals surface area contributed by atoms with Crippen LogP contribution in [0.2, 0.25) is 0 Å². The lowest BCUT2D eigenvalue weighted by Crippen LogP contribution is -2.54. The quantitative estimate of drug-likeness (QED) is 0.889. The van der Waals surface area contributed by atoms with Gasteiger partial charge in [-0.2, -0.15) is 0 Å². The first kappa shape index (κ1) is 18.8. The van der Waals surface area contributed by atoms with Crippen molar-refractivity contribution < 1.29 is 14.0 Å². The Morgan fingerprint density at radius 3 is 2.35 bits per heavy atom. The van der Waals surface area contributed by atoms with Crippen molar-refractivity contribution in [3.8, 4) is 0 Å². The average molecular weight is 362 g/mol. The number of urea groups is 1. The average Bonchev–Trinajstić information content (AvgIpc) is 3.09. The topological polar surface area (TPSA) is 69.0 Å². The van der Waals surface area contributed by atoms with Crippen LogP contribution in [0.5, 0.6) is 0 Å². The summed E-state index contributed by atoms with van der Waals surface area (Å²) in [5.74, 6) is 1.83. The van der Waals surface area contributed by atoms with Crippen LogP contribution in [0.1, 0.15) is 43.7 Å². The van der Waals surface area contributed by atoms with E-state index in [1.165, 1.54) is 6.42 Å². The normalized spacial score (nSPS) is 20.1. The number of amides is 3. The standard InChI is InChI=1S/C19H30N4O3/c1-15-6-7-17(26-15)16(2)20-19(25)23-12-10-21(11-13-23)14-18(24)22-8-4-3-5-9-22/h6-7,16H,3-5,8-14H2,1-2H3,(H,20,25). The van der Waals surface area contributed by atoms with Crippen molar-refractivity contribution in [2.75, 3.05) is 45.8 Å². The van der Waals surface area contributed by atoms with Gasteiger partial charge in [-0.05, 0) is 45.2 Å². The first-order chi connectivity index (χ1) is 12.5. The second-order valence-electron chi connectivity index (χ2n) is 7.32. The molecule has 7 heteroatoms. The fraction of sp³-hybridized carbons (Fsp3) is 0.684. The smallest absolute Gasteiger partial charge is 0.318 e. The number of furan rings is 1. The van der Waals surface area contributed by atoms with Gasteiger partial charge < -0.3 is 19.5 Å². The number of aryl methyl sites for hydroxylation is 1. The number of nitrogens with one attached hydrogen (secondary N) is 1. The third kappa shape index (κ3) is 4.78. The fourth-order valence-electron chi connectivity index (χ4n) is 3.58. The highest BCUT2D eigenvalue weighted by Crippen LogP contribution is 2.16. The summed E-state index contributed by atoms with van der Waals surface area (Å²) >= 11 is 0. The number of hydrogen-bond donors (Lipinski definition) is 1. The van der Waals surface area contributed by atoms with Crippen molar-refractivity contribution in [2.45, 2.75) is 39.2 Å². The van der Waals surface area contributed by atoms with E-state index in [0.29, 0.717) is 19.6 Å². The number of nitrogens with zero attached hydrogens (tertiary/aromatic N) is 3. The number of carbonyl (C=O) groups excluding carboxylic acids is 2. The van der Waals surface area contributed by atoms with Gasteiger partial charge in [0.2, 0.25) is 5.91 Å². The van der Waals surface area contributed by atoms with E-state index in [-0.39, 0.29) is 18.0 Å². The summed E-state index contributed by atoms with van der Waals surface area (Å²) in [4.78, 5) is 30.8. The van der Waals surface area contributed by atoms with Gasteiger partial charge in [0, 0.05) is 39.3 Å². The molecule has 2 fully saturated rings. The minimum absolute atomic E-state index is 0.0754. The molecule has 1 atom stereocenters. The van der Waals surface area contributed by atoms with Gasteiger partial charge in [-0.25, -0.2) is 4.79 Å². The van der Waals surface area contributed by atoms with E-state index < -0.39 is 0 Å². The molecule has 3 rings (SSSR count). The highest BCUT2D eigenvalue weighted by Gasteiger charge is 2.25. The molecule has 0 spiro atoms. The summed E-state index contributed by atoms with van der Waals surface area (Å²) in [6.07, 6.45) is 3.47. The molecule has 1 N–H and O–H groups in total. The molecule has 0 bridgehead atoms. The lowest BCUT2D eigenvalue weighted by atomic mass is 10.1. The predicted octanol–water partition coefficient (Wildman–Crippen LogP) is 1.99. The van der Waals surface area contributed by atoms with Gasteiger partial charge in [-0.3, -0.25) is 9.69 Å². The van der Waals surface area contributed by atoms with E-state index in [1.54, 1.807) is 0 Å². The molecule has 1 aromatic heterocycles. The molecule has 2 aliphatic rings. The molecule has 3 heterocycles. The summed E-state index contributed by atoms with van der Waals surface area (Å²) in [5.41, 5.74) is 0. The number of hydrogen-bond acceptors (Lipinski definition) is 4. The van der Waals surface area contributed by atoms with Crippen molar-refractivity contribution in [3.05, 3.63) is 23.7 Å². The Balaban J connectivity index is 1.41. The number of likely N-dealkylation sites (tertiary alicyclic amines) is 1. The van der Waals surface area contributed by atoms with Gasteiger partial charge in [0.1, 0.15) is 11.5 Å². The Kier molecular flexibility index (Phi) is 6.19. The van der Waals surface area contributed by atoms with E-state index in [9.17, 15) is 9.59 Å². The SMILES string of the molecule is Cc1ccc(C(C)NC(=O)N2CCN(CC(=O)N3CCCCC3)CC2)o1. The Bertz CT molecular complexity index is 616. The van der Waals surface area contributed by atoms with Crippen LogP contribution in [0.15, 0.2) is 16.5 Å². The van der Waals surface area contributed by atoms with Gasteiger partial charge in [0.05, 0.1) is 12.6 Å². The van der Waals surface area contributed by atoms with Gasteiger partial charge in [0.15, 0.2) is 0 Å². The van der Waals surface area contributed by atoms with Crippen LogP contribution in [0.25, 0.3) is 0 Å². The fourth-order valence-corrected chi connectivity index (χ4v) is 3.58. The Labute approximate surface area is 155 Å². The highest BCUT2D eigenvalue weighted by atomic mass is 16.3. The summed E-state index contributed by atoms with van der Waals surface area (Å²) in [7, 11) is 0. The van der Waals surface area contributed by atoms with Crippen LogP contribution in [-0.2, 0) is 4.79 Å². The highest BCUT2D eigenvalue weighted by molar-refractivity contribution is 5.78. The molecule has 1 unspecified atom stereocenters. The second-order valence-corrected chi connectivity index (χ2v) is 7.32.